The summed E-state index contributed by atoms with van der Waals surface area (Å²) >= 11 is 0. The van der Waals surface area contributed by atoms with Crippen LogP contribution >= 0.6 is 0 Å². The van der Waals surface area contributed by atoms with Crippen molar-refractivity contribution in [3.63, 3.8) is 0 Å². The average molecular weight is 295 g/mol. The quantitative estimate of drug-likeness (QED) is 0.784. The van der Waals surface area contributed by atoms with Crippen LogP contribution in [0.1, 0.15) is 30.9 Å². The maximum absolute atomic E-state index is 12.8. The van der Waals surface area contributed by atoms with Gasteiger partial charge in [-0.1, -0.05) is 25.1 Å². The molecule has 0 aromatic heterocycles. The number of hydrogen-bond donors (Lipinski definition) is 1. The molecular weight excluding hydrogens is 274 g/mol. The first-order valence-electron chi connectivity index (χ1n) is 6.90. The van der Waals surface area contributed by atoms with Gasteiger partial charge in [-0.2, -0.15) is 4.31 Å². The first-order chi connectivity index (χ1) is 9.54. The summed E-state index contributed by atoms with van der Waals surface area (Å²) in [4.78, 5) is 0.320. The second-order valence-corrected chi connectivity index (χ2v) is 6.91. The molecule has 1 N–H and O–H groups in total. The van der Waals surface area contributed by atoms with Crippen LogP contribution in [0.5, 0.6) is 0 Å². The van der Waals surface area contributed by atoms with Crippen molar-refractivity contribution >= 4 is 10.0 Å². The highest BCUT2D eigenvalue weighted by molar-refractivity contribution is 7.89. The fourth-order valence-electron chi connectivity index (χ4n) is 2.29. The lowest BCUT2D eigenvalue weighted by Crippen LogP contribution is -2.34. The topological polar surface area (TPSA) is 57.6 Å². The van der Waals surface area contributed by atoms with E-state index in [1.165, 1.54) is 4.31 Å². The Balaban J connectivity index is 2.48. The maximum Gasteiger partial charge on any atom is 0.243 e. The number of sulfonamides is 1. The largest absolute Gasteiger partial charge is 0.392 e. The van der Waals surface area contributed by atoms with Crippen LogP contribution in [0, 0.1) is 0 Å². The first kappa shape index (κ1) is 15.2. The normalized spacial score (nSPS) is 15.6. The number of rotatable bonds is 7. The molecule has 0 amide bonds. The summed E-state index contributed by atoms with van der Waals surface area (Å²) in [5.41, 5.74) is 1.41. The molecule has 0 unspecified atom stereocenters. The molecule has 0 spiro atoms. The Bertz CT molecular complexity index is 591. The van der Waals surface area contributed by atoms with E-state index in [1.54, 1.807) is 24.3 Å². The van der Waals surface area contributed by atoms with Crippen molar-refractivity contribution in [1.82, 2.24) is 4.31 Å². The van der Waals surface area contributed by atoms with Gasteiger partial charge in [0, 0.05) is 12.6 Å². The van der Waals surface area contributed by atoms with E-state index in [0.29, 0.717) is 23.4 Å². The SMILES string of the molecule is C=CCN(C1CC1)S(=O)(=O)c1cc(CO)ccc1CC. The van der Waals surface area contributed by atoms with Crippen molar-refractivity contribution in [2.45, 2.75) is 43.7 Å². The van der Waals surface area contributed by atoms with E-state index in [1.807, 2.05) is 6.92 Å². The van der Waals surface area contributed by atoms with Gasteiger partial charge >= 0.3 is 0 Å². The molecule has 2 rings (SSSR count). The first-order valence-corrected chi connectivity index (χ1v) is 8.34. The predicted octanol–water partition coefficient (Wildman–Crippen LogP) is 2.08. The zero-order chi connectivity index (χ0) is 14.8. The van der Waals surface area contributed by atoms with Gasteiger partial charge in [-0.3, -0.25) is 0 Å². The number of benzene rings is 1. The zero-order valence-corrected chi connectivity index (χ0v) is 12.6. The van der Waals surface area contributed by atoms with Crippen LogP contribution in [0.4, 0.5) is 0 Å². The lowest BCUT2D eigenvalue weighted by molar-refractivity contribution is 0.281. The minimum atomic E-state index is -3.52. The second-order valence-electron chi connectivity index (χ2n) is 5.05. The van der Waals surface area contributed by atoms with Gasteiger partial charge < -0.3 is 5.11 Å². The van der Waals surface area contributed by atoms with Crippen molar-refractivity contribution < 1.29 is 13.5 Å². The standard InChI is InChI=1S/C15H21NO3S/c1-3-9-16(14-7-8-14)20(18,19)15-10-12(11-17)5-6-13(15)4-2/h3,5-6,10,14,17H,1,4,7-9,11H2,2H3. The van der Waals surface area contributed by atoms with E-state index < -0.39 is 10.0 Å². The van der Waals surface area contributed by atoms with Crippen LogP contribution in [-0.2, 0) is 23.1 Å². The molecule has 0 radical (unpaired) electrons. The van der Waals surface area contributed by atoms with Crippen LogP contribution in [0.2, 0.25) is 0 Å². The number of aliphatic hydroxyl groups excluding tert-OH is 1. The minimum Gasteiger partial charge on any atom is -0.392 e. The van der Waals surface area contributed by atoms with Crippen molar-refractivity contribution in [2.24, 2.45) is 0 Å². The van der Waals surface area contributed by atoms with Gasteiger partial charge in [0.1, 0.15) is 0 Å². The molecule has 5 heteroatoms. The fraction of sp³-hybridized carbons (Fsp3) is 0.467. The molecule has 0 bridgehead atoms. The van der Waals surface area contributed by atoms with Crippen molar-refractivity contribution in [3.05, 3.63) is 42.0 Å². The molecule has 0 aliphatic heterocycles. The van der Waals surface area contributed by atoms with Crippen molar-refractivity contribution in [1.29, 1.82) is 0 Å². The Morgan fingerprint density at radius 2 is 2.15 bits per heavy atom. The molecule has 0 atom stereocenters. The highest BCUT2D eigenvalue weighted by Gasteiger charge is 2.38. The smallest absolute Gasteiger partial charge is 0.243 e. The molecule has 1 fully saturated rings. The van der Waals surface area contributed by atoms with E-state index in [9.17, 15) is 13.5 Å². The maximum atomic E-state index is 12.8. The number of aryl methyl sites for hydroxylation is 1. The molecule has 1 aliphatic carbocycles. The van der Waals surface area contributed by atoms with Crippen molar-refractivity contribution in [2.75, 3.05) is 6.54 Å². The predicted molar refractivity (Wildman–Crippen MR) is 78.9 cm³/mol. The van der Waals surface area contributed by atoms with Crippen LogP contribution in [0.3, 0.4) is 0 Å². The Kier molecular flexibility index (Phi) is 4.62. The molecule has 110 valence electrons. The molecule has 0 heterocycles. The number of nitrogens with zero attached hydrogens (tertiary/aromatic N) is 1. The van der Waals surface area contributed by atoms with Gasteiger partial charge in [0.05, 0.1) is 11.5 Å². The van der Waals surface area contributed by atoms with E-state index in [0.717, 1.165) is 18.4 Å². The highest BCUT2D eigenvalue weighted by atomic mass is 32.2. The van der Waals surface area contributed by atoms with E-state index >= 15 is 0 Å². The molecular formula is C15H21NO3S. The highest BCUT2D eigenvalue weighted by Crippen LogP contribution is 2.33. The molecule has 1 saturated carbocycles. The van der Waals surface area contributed by atoms with E-state index in [2.05, 4.69) is 6.58 Å². The van der Waals surface area contributed by atoms with Crippen LogP contribution < -0.4 is 0 Å². The lowest BCUT2D eigenvalue weighted by atomic mass is 10.1. The summed E-state index contributed by atoms with van der Waals surface area (Å²) in [6.45, 7) is 5.76. The van der Waals surface area contributed by atoms with Gasteiger partial charge in [-0.25, -0.2) is 8.42 Å². The third kappa shape index (κ3) is 2.95. The van der Waals surface area contributed by atoms with Gasteiger partial charge in [-0.05, 0) is 36.5 Å². The van der Waals surface area contributed by atoms with Gasteiger partial charge in [0.15, 0.2) is 0 Å². The second kappa shape index (κ2) is 6.08. The molecule has 4 nitrogen and oxygen atoms in total. The van der Waals surface area contributed by atoms with Gasteiger partial charge in [0.25, 0.3) is 0 Å². The number of aliphatic hydroxyl groups is 1. The van der Waals surface area contributed by atoms with Crippen molar-refractivity contribution in [3.8, 4) is 0 Å². The van der Waals surface area contributed by atoms with Crippen LogP contribution in [0.15, 0.2) is 35.7 Å². The number of hydrogen-bond acceptors (Lipinski definition) is 3. The fourth-order valence-corrected chi connectivity index (χ4v) is 4.29. The minimum absolute atomic E-state index is 0.0977. The Hall–Kier alpha value is -1.17. The van der Waals surface area contributed by atoms with Gasteiger partial charge in [0.2, 0.25) is 10.0 Å². The summed E-state index contributed by atoms with van der Waals surface area (Å²) in [5, 5.41) is 9.23. The molecule has 20 heavy (non-hydrogen) atoms. The summed E-state index contributed by atoms with van der Waals surface area (Å²) in [6, 6.07) is 5.25. The van der Waals surface area contributed by atoms with E-state index in [4.69, 9.17) is 0 Å². The van der Waals surface area contributed by atoms with Crippen LogP contribution in [-0.4, -0.2) is 30.4 Å². The zero-order valence-electron chi connectivity index (χ0n) is 11.7. The molecule has 1 aromatic rings. The monoisotopic (exact) mass is 295 g/mol. The lowest BCUT2D eigenvalue weighted by Gasteiger charge is -2.22. The Morgan fingerprint density at radius 3 is 2.65 bits per heavy atom. The summed E-state index contributed by atoms with van der Waals surface area (Å²) in [7, 11) is -3.52. The molecule has 1 aromatic carbocycles. The Labute approximate surface area is 120 Å². The van der Waals surface area contributed by atoms with Gasteiger partial charge in [-0.15, -0.1) is 6.58 Å². The van der Waals surface area contributed by atoms with E-state index in [-0.39, 0.29) is 12.6 Å². The summed E-state index contributed by atoms with van der Waals surface area (Å²) < 4.78 is 27.2. The molecule has 0 saturated heterocycles. The third-order valence-electron chi connectivity index (χ3n) is 3.54. The molecule has 1 aliphatic rings. The van der Waals surface area contributed by atoms with Crippen LogP contribution in [0.25, 0.3) is 0 Å². The average Bonchev–Trinajstić information content (AvgIpc) is 3.28. The third-order valence-corrected chi connectivity index (χ3v) is 5.55. The summed E-state index contributed by atoms with van der Waals surface area (Å²) in [5.74, 6) is 0. The summed E-state index contributed by atoms with van der Waals surface area (Å²) in [6.07, 6.45) is 4.09. The Morgan fingerprint density at radius 1 is 1.45 bits per heavy atom.